The summed E-state index contributed by atoms with van der Waals surface area (Å²) in [6.07, 6.45) is 4.76. The van der Waals surface area contributed by atoms with E-state index in [4.69, 9.17) is 4.74 Å². The molecule has 0 saturated heterocycles. The van der Waals surface area contributed by atoms with Crippen molar-refractivity contribution in [3.8, 4) is 16.9 Å². The highest BCUT2D eigenvalue weighted by Gasteiger charge is 2.29. The lowest BCUT2D eigenvalue weighted by Gasteiger charge is -2.15. The fraction of sp³-hybridized carbons (Fsp3) is 0.381. The summed E-state index contributed by atoms with van der Waals surface area (Å²) in [5.41, 5.74) is 4.55. The van der Waals surface area contributed by atoms with E-state index in [1.165, 1.54) is 0 Å². The van der Waals surface area contributed by atoms with Gasteiger partial charge in [0, 0.05) is 17.7 Å². The molecule has 0 amide bonds. The third-order valence-corrected chi connectivity index (χ3v) is 6.78. The van der Waals surface area contributed by atoms with E-state index in [9.17, 15) is 13.2 Å². The summed E-state index contributed by atoms with van der Waals surface area (Å²) in [6.45, 7) is 4.49. The van der Waals surface area contributed by atoms with Crippen molar-refractivity contribution in [3.63, 3.8) is 0 Å². The normalized spacial score (nSPS) is 13.0. The van der Waals surface area contributed by atoms with Crippen LogP contribution in [0.5, 0.6) is 0 Å². The van der Waals surface area contributed by atoms with Gasteiger partial charge < -0.3 is 4.74 Å². The number of unbranched alkanes of at least 4 members (excludes halogenated alkanes) is 1. The topological polar surface area (TPSA) is 119 Å². The molecule has 0 fully saturated rings. The predicted molar refractivity (Wildman–Crippen MR) is 115 cm³/mol. The SMILES string of the molecule is CCCCNS(=O)(=O)c1ccc(-n2ncc3c2CCc2c(C(=O)OCC)n[nH]c2-3)cc1. The summed E-state index contributed by atoms with van der Waals surface area (Å²) in [5, 5.41) is 11.6. The minimum Gasteiger partial charge on any atom is -0.461 e. The standard InChI is InChI=1S/C21H25N5O4S/c1-3-5-12-23-31(28,29)15-8-6-14(7-9-15)26-18-11-10-16-19(17(18)13-22-26)24-25-20(16)21(27)30-4-2/h6-9,13,23H,3-5,10-12H2,1-2H3,(H,24,25). The molecule has 0 spiro atoms. The van der Waals surface area contributed by atoms with E-state index in [0.717, 1.165) is 41.0 Å². The second-order valence-electron chi connectivity index (χ2n) is 7.31. The lowest BCUT2D eigenvalue weighted by atomic mass is 9.94. The second-order valence-corrected chi connectivity index (χ2v) is 9.08. The molecule has 0 aliphatic heterocycles. The van der Waals surface area contributed by atoms with Crippen molar-refractivity contribution < 1.29 is 17.9 Å². The van der Waals surface area contributed by atoms with Gasteiger partial charge >= 0.3 is 5.97 Å². The van der Waals surface area contributed by atoms with Crippen LogP contribution in [0.4, 0.5) is 0 Å². The summed E-state index contributed by atoms with van der Waals surface area (Å²) in [5.74, 6) is -0.430. The van der Waals surface area contributed by atoms with E-state index in [1.807, 2.05) is 6.92 Å². The van der Waals surface area contributed by atoms with Gasteiger partial charge in [0.1, 0.15) is 0 Å². The van der Waals surface area contributed by atoms with Gasteiger partial charge in [0.05, 0.1) is 34.8 Å². The van der Waals surface area contributed by atoms with Crippen molar-refractivity contribution in [1.29, 1.82) is 0 Å². The molecular weight excluding hydrogens is 418 g/mol. The molecule has 1 aromatic carbocycles. The predicted octanol–water partition coefficient (Wildman–Crippen LogP) is 2.62. The highest BCUT2D eigenvalue weighted by atomic mass is 32.2. The first kappa shape index (κ1) is 21.3. The largest absolute Gasteiger partial charge is 0.461 e. The van der Waals surface area contributed by atoms with Crippen molar-refractivity contribution in [1.82, 2.24) is 24.7 Å². The Morgan fingerprint density at radius 2 is 2.00 bits per heavy atom. The molecule has 9 nitrogen and oxygen atoms in total. The number of hydrogen-bond donors (Lipinski definition) is 2. The Hall–Kier alpha value is -2.98. The molecule has 2 aromatic heterocycles. The van der Waals surface area contributed by atoms with Gasteiger partial charge in [-0.25, -0.2) is 22.6 Å². The molecule has 2 heterocycles. The van der Waals surface area contributed by atoms with E-state index in [0.29, 0.717) is 31.7 Å². The van der Waals surface area contributed by atoms with E-state index in [1.54, 1.807) is 42.1 Å². The Morgan fingerprint density at radius 1 is 1.23 bits per heavy atom. The van der Waals surface area contributed by atoms with E-state index >= 15 is 0 Å². The summed E-state index contributed by atoms with van der Waals surface area (Å²) >= 11 is 0. The number of nitrogens with zero attached hydrogens (tertiary/aromatic N) is 3. The minimum atomic E-state index is -3.52. The van der Waals surface area contributed by atoms with Gasteiger partial charge in [-0.2, -0.15) is 10.2 Å². The Kier molecular flexibility index (Phi) is 5.92. The number of hydrogen-bond acceptors (Lipinski definition) is 6. The highest BCUT2D eigenvalue weighted by Crippen LogP contribution is 2.34. The summed E-state index contributed by atoms with van der Waals surface area (Å²) in [4.78, 5) is 12.4. The van der Waals surface area contributed by atoms with Crippen molar-refractivity contribution in [2.45, 2.75) is 44.4 Å². The van der Waals surface area contributed by atoms with Crippen molar-refractivity contribution in [2.75, 3.05) is 13.2 Å². The van der Waals surface area contributed by atoms with Crippen LogP contribution in [0.3, 0.4) is 0 Å². The number of rotatable bonds is 8. The molecule has 4 rings (SSSR count). The third kappa shape index (κ3) is 4.00. The van der Waals surface area contributed by atoms with Crippen LogP contribution in [0.25, 0.3) is 16.9 Å². The summed E-state index contributed by atoms with van der Waals surface area (Å²) < 4.78 is 34.3. The number of aromatic nitrogens is 4. The zero-order chi connectivity index (χ0) is 22.0. The van der Waals surface area contributed by atoms with Crippen molar-refractivity contribution >= 4 is 16.0 Å². The number of sulfonamides is 1. The number of carbonyl (C=O) groups is 1. The number of esters is 1. The van der Waals surface area contributed by atoms with Crippen LogP contribution in [0, 0.1) is 0 Å². The molecule has 0 bridgehead atoms. The maximum absolute atomic E-state index is 12.4. The maximum atomic E-state index is 12.4. The Bertz CT molecular complexity index is 1200. The van der Waals surface area contributed by atoms with Gasteiger partial charge in [-0.1, -0.05) is 13.3 Å². The molecule has 0 unspecified atom stereocenters. The summed E-state index contributed by atoms with van der Waals surface area (Å²) in [6, 6.07) is 6.66. The third-order valence-electron chi connectivity index (χ3n) is 5.30. The number of benzene rings is 1. The average Bonchev–Trinajstić information content (AvgIpc) is 3.38. The molecule has 1 aliphatic rings. The molecular formula is C21H25N5O4S. The molecule has 0 atom stereocenters. The Morgan fingerprint density at radius 3 is 2.71 bits per heavy atom. The summed E-state index contributed by atoms with van der Waals surface area (Å²) in [7, 11) is -3.52. The van der Waals surface area contributed by atoms with E-state index < -0.39 is 16.0 Å². The number of nitrogens with one attached hydrogen (secondary N) is 2. The number of carbonyl (C=O) groups excluding carboxylic acids is 1. The fourth-order valence-electron chi connectivity index (χ4n) is 3.72. The molecule has 2 N–H and O–H groups in total. The number of H-pyrrole nitrogens is 1. The highest BCUT2D eigenvalue weighted by molar-refractivity contribution is 7.89. The monoisotopic (exact) mass is 443 g/mol. The Balaban J connectivity index is 1.60. The zero-order valence-corrected chi connectivity index (χ0v) is 18.3. The molecule has 0 radical (unpaired) electrons. The first-order chi connectivity index (χ1) is 15.0. The zero-order valence-electron chi connectivity index (χ0n) is 17.5. The van der Waals surface area contributed by atoms with Gasteiger partial charge in [-0.3, -0.25) is 5.10 Å². The molecule has 31 heavy (non-hydrogen) atoms. The fourth-order valence-corrected chi connectivity index (χ4v) is 4.80. The van der Waals surface area contributed by atoms with Crippen LogP contribution < -0.4 is 4.72 Å². The van der Waals surface area contributed by atoms with Crippen LogP contribution in [-0.4, -0.2) is 47.5 Å². The van der Waals surface area contributed by atoms with Crippen LogP contribution >= 0.6 is 0 Å². The lowest BCUT2D eigenvalue weighted by Crippen LogP contribution is -2.24. The first-order valence-electron chi connectivity index (χ1n) is 10.4. The quantitative estimate of drug-likeness (QED) is 0.408. The molecule has 3 aromatic rings. The number of ether oxygens (including phenoxy) is 1. The minimum absolute atomic E-state index is 0.225. The van der Waals surface area contributed by atoms with Gasteiger partial charge in [-0.15, -0.1) is 0 Å². The van der Waals surface area contributed by atoms with Crippen LogP contribution in [0.15, 0.2) is 35.4 Å². The molecule has 164 valence electrons. The smallest absolute Gasteiger partial charge is 0.359 e. The van der Waals surface area contributed by atoms with Gasteiger partial charge in [0.2, 0.25) is 10.0 Å². The van der Waals surface area contributed by atoms with Gasteiger partial charge in [-0.05, 0) is 50.5 Å². The Labute approximate surface area is 180 Å². The first-order valence-corrected chi connectivity index (χ1v) is 11.9. The van der Waals surface area contributed by atoms with Gasteiger partial charge in [0.25, 0.3) is 0 Å². The maximum Gasteiger partial charge on any atom is 0.359 e. The number of fused-ring (bicyclic) bond motifs is 3. The van der Waals surface area contributed by atoms with E-state index in [-0.39, 0.29) is 4.90 Å². The van der Waals surface area contributed by atoms with Crippen LogP contribution in [0.2, 0.25) is 0 Å². The molecule has 0 saturated carbocycles. The second kappa shape index (κ2) is 8.64. The molecule has 1 aliphatic carbocycles. The lowest BCUT2D eigenvalue weighted by molar-refractivity contribution is 0.0518. The van der Waals surface area contributed by atoms with Crippen LogP contribution in [0.1, 0.15) is 48.4 Å². The average molecular weight is 444 g/mol. The van der Waals surface area contributed by atoms with Crippen molar-refractivity contribution in [2.24, 2.45) is 0 Å². The van der Waals surface area contributed by atoms with Gasteiger partial charge in [0.15, 0.2) is 5.69 Å². The number of aromatic amines is 1. The van der Waals surface area contributed by atoms with Crippen LogP contribution in [-0.2, 0) is 27.6 Å². The molecule has 10 heteroatoms. The van der Waals surface area contributed by atoms with E-state index in [2.05, 4.69) is 20.0 Å². The van der Waals surface area contributed by atoms with Crippen molar-refractivity contribution in [3.05, 3.63) is 47.4 Å².